The molecule has 1 saturated heterocycles. The van der Waals surface area contributed by atoms with Crippen LogP contribution in [0, 0.1) is 12.7 Å². The highest BCUT2D eigenvalue weighted by atomic mass is 19.1. The van der Waals surface area contributed by atoms with Crippen LogP contribution in [-0.2, 0) is 11.3 Å². The van der Waals surface area contributed by atoms with Crippen molar-refractivity contribution in [2.75, 3.05) is 18.1 Å². The van der Waals surface area contributed by atoms with Gasteiger partial charge in [-0.25, -0.2) is 9.07 Å². The summed E-state index contributed by atoms with van der Waals surface area (Å²) in [7, 11) is 0. The third-order valence-corrected chi connectivity index (χ3v) is 4.32. The van der Waals surface area contributed by atoms with Crippen molar-refractivity contribution in [3.8, 4) is 0 Å². The monoisotopic (exact) mass is 338 g/mol. The van der Waals surface area contributed by atoms with Crippen LogP contribution in [0.25, 0.3) is 0 Å². The van der Waals surface area contributed by atoms with Gasteiger partial charge in [0.1, 0.15) is 11.5 Å². The third-order valence-electron chi connectivity index (χ3n) is 4.32. The van der Waals surface area contributed by atoms with E-state index < -0.39 is 0 Å². The highest BCUT2D eigenvalue weighted by molar-refractivity contribution is 5.50. The SMILES string of the molecule is Cc1cccc(N2CCO[C@H]2c2cn(Cc3ccccc3F)nn2)c1. The van der Waals surface area contributed by atoms with Gasteiger partial charge in [-0.3, -0.25) is 0 Å². The zero-order valence-corrected chi connectivity index (χ0v) is 14.0. The first-order valence-electron chi connectivity index (χ1n) is 8.29. The summed E-state index contributed by atoms with van der Waals surface area (Å²) >= 11 is 0. The van der Waals surface area contributed by atoms with Crippen LogP contribution >= 0.6 is 0 Å². The Kier molecular flexibility index (Phi) is 4.19. The van der Waals surface area contributed by atoms with Gasteiger partial charge in [0.05, 0.1) is 19.3 Å². The van der Waals surface area contributed by atoms with E-state index in [2.05, 4.69) is 40.3 Å². The van der Waals surface area contributed by atoms with Gasteiger partial charge in [-0.05, 0) is 30.7 Å². The molecule has 0 bridgehead atoms. The molecule has 1 aliphatic rings. The van der Waals surface area contributed by atoms with Crippen molar-refractivity contribution < 1.29 is 9.13 Å². The topological polar surface area (TPSA) is 43.2 Å². The highest BCUT2D eigenvalue weighted by Crippen LogP contribution is 2.31. The minimum atomic E-state index is -0.267. The summed E-state index contributed by atoms with van der Waals surface area (Å²) in [5, 5.41) is 8.38. The van der Waals surface area contributed by atoms with Crippen LogP contribution in [0.4, 0.5) is 10.1 Å². The van der Waals surface area contributed by atoms with Crippen molar-refractivity contribution in [1.29, 1.82) is 0 Å². The van der Waals surface area contributed by atoms with Crippen LogP contribution in [0.1, 0.15) is 23.0 Å². The second kappa shape index (κ2) is 6.64. The Balaban J connectivity index is 1.56. The average Bonchev–Trinajstić information content (AvgIpc) is 3.26. The smallest absolute Gasteiger partial charge is 0.177 e. The molecule has 0 N–H and O–H groups in total. The number of ether oxygens (including phenoxy) is 1. The second-order valence-corrected chi connectivity index (χ2v) is 6.19. The molecular formula is C19H19FN4O. The van der Waals surface area contributed by atoms with E-state index in [9.17, 15) is 4.39 Å². The van der Waals surface area contributed by atoms with Crippen molar-refractivity contribution in [3.05, 3.63) is 77.4 Å². The molecule has 0 amide bonds. The lowest BCUT2D eigenvalue weighted by Gasteiger charge is -2.23. The number of aryl methyl sites for hydroxylation is 1. The molecule has 0 spiro atoms. The molecule has 25 heavy (non-hydrogen) atoms. The number of rotatable bonds is 4. The van der Waals surface area contributed by atoms with Gasteiger partial charge in [0.2, 0.25) is 0 Å². The Morgan fingerprint density at radius 3 is 2.92 bits per heavy atom. The standard InChI is InChI=1S/C19H19FN4O/c1-14-5-4-7-16(11-14)24-9-10-25-19(24)18-13-23(22-21-18)12-15-6-2-3-8-17(15)20/h2-8,11,13,19H,9-10,12H2,1H3/t19-/m0/s1. The summed E-state index contributed by atoms with van der Waals surface area (Å²) in [5.74, 6) is -0.238. The Bertz CT molecular complexity index is 879. The minimum Gasteiger partial charge on any atom is -0.350 e. The van der Waals surface area contributed by atoms with Gasteiger partial charge in [0.15, 0.2) is 6.23 Å². The lowest BCUT2D eigenvalue weighted by Crippen LogP contribution is -2.23. The predicted molar refractivity (Wildman–Crippen MR) is 92.7 cm³/mol. The van der Waals surface area contributed by atoms with Crippen molar-refractivity contribution in [1.82, 2.24) is 15.0 Å². The van der Waals surface area contributed by atoms with Gasteiger partial charge >= 0.3 is 0 Å². The van der Waals surface area contributed by atoms with Gasteiger partial charge in [0.25, 0.3) is 0 Å². The summed E-state index contributed by atoms with van der Waals surface area (Å²) in [6, 6.07) is 15.0. The second-order valence-electron chi connectivity index (χ2n) is 6.19. The predicted octanol–water partition coefficient (Wildman–Crippen LogP) is 3.31. The zero-order chi connectivity index (χ0) is 17.2. The van der Waals surface area contributed by atoms with E-state index in [1.807, 2.05) is 18.3 Å². The highest BCUT2D eigenvalue weighted by Gasteiger charge is 2.29. The van der Waals surface area contributed by atoms with E-state index >= 15 is 0 Å². The van der Waals surface area contributed by atoms with E-state index in [0.717, 1.165) is 17.9 Å². The molecule has 2 aromatic carbocycles. The first kappa shape index (κ1) is 15.8. The number of hydrogen-bond acceptors (Lipinski definition) is 4. The van der Waals surface area contributed by atoms with Crippen LogP contribution in [0.3, 0.4) is 0 Å². The van der Waals surface area contributed by atoms with Gasteiger partial charge in [-0.1, -0.05) is 35.5 Å². The fourth-order valence-corrected chi connectivity index (χ4v) is 3.09. The molecule has 1 aliphatic heterocycles. The van der Waals surface area contributed by atoms with Crippen LogP contribution < -0.4 is 4.90 Å². The maximum Gasteiger partial charge on any atom is 0.177 e. The number of aromatic nitrogens is 3. The Labute approximate surface area is 145 Å². The largest absolute Gasteiger partial charge is 0.350 e. The zero-order valence-electron chi connectivity index (χ0n) is 14.0. The molecule has 2 heterocycles. The van der Waals surface area contributed by atoms with Crippen LogP contribution in [0.15, 0.2) is 54.7 Å². The third kappa shape index (κ3) is 3.25. The molecule has 1 atom stereocenters. The maximum absolute atomic E-state index is 13.8. The van der Waals surface area contributed by atoms with Gasteiger partial charge in [-0.2, -0.15) is 0 Å². The van der Waals surface area contributed by atoms with Gasteiger partial charge in [-0.15, -0.1) is 5.10 Å². The maximum atomic E-state index is 13.8. The fraction of sp³-hybridized carbons (Fsp3) is 0.263. The molecule has 6 heteroatoms. The van der Waals surface area contributed by atoms with Crippen molar-refractivity contribution in [2.24, 2.45) is 0 Å². The lowest BCUT2D eigenvalue weighted by atomic mass is 10.2. The number of halogens is 1. The first-order valence-corrected chi connectivity index (χ1v) is 8.29. The molecule has 128 valence electrons. The Hall–Kier alpha value is -2.73. The summed E-state index contributed by atoms with van der Waals surface area (Å²) in [5.41, 5.74) is 3.62. The van der Waals surface area contributed by atoms with Crippen LogP contribution in [-0.4, -0.2) is 28.1 Å². The van der Waals surface area contributed by atoms with Gasteiger partial charge < -0.3 is 9.64 Å². The molecule has 1 aromatic heterocycles. The summed E-state index contributed by atoms with van der Waals surface area (Å²) in [6.07, 6.45) is 1.56. The first-order chi connectivity index (χ1) is 12.2. The van der Waals surface area contributed by atoms with E-state index in [-0.39, 0.29) is 12.0 Å². The summed E-state index contributed by atoms with van der Waals surface area (Å²) in [6.45, 7) is 3.85. The van der Waals surface area contributed by atoms with E-state index in [1.54, 1.807) is 16.8 Å². The molecule has 1 fully saturated rings. The Morgan fingerprint density at radius 1 is 1.20 bits per heavy atom. The molecule has 0 saturated carbocycles. The van der Waals surface area contributed by atoms with E-state index in [4.69, 9.17) is 4.74 Å². The molecule has 0 unspecified atom stereocenters. The van der Waals surface area contributed by atoms with Crippen molar-refractivity contribution in [3.63, 3.8) is 0 Å². The molecule has 0 aliphatic carbocycles. The van der Waals surface area contributed by atoms with Crippen LogP contribution in [0.5, 0.6) is 0 Å². The fourth-order valence-electron chi connectivity index (χ4n) is 3.09. The van der Waals surface area contributed by atoms with Crippen LogP contribution in [0.2, 0.25) is 0 Å². The normalized spacial score (nSPS) is 17.2. The lowest BCUT2D eigenvalue weighted by molar-refractivity contribution is 0.110. The van der Waals surface area contributed by atoms with Gasteiger partial charge in [0, 0.05) is 17.8 Å². The number of nitrogens with zero attached hydrogens (tertiary/aromatic N) is 4. The quantitative estimate of drug-likeness (QED) is 0.732. The summed E-state index contributed by atoms with van der Waals surface area (Å²) < 4.78 is 21.3. The number of benzene rings is 2. The van der Waals surface area contributed by atoms with E-state index in [0.29, 0.717) is 18.7 Å². The molecule has 3 aromatic rings. The molecular weight excluding hydrogens is 319 g/mol. The Morgan fingerprint density at radius 2 is 2.08 bits per heavy atom. The number of anilines is 1. The van der Waals surface area contributed by atoms with Crippen molar-refractivity contribution >= 4 is 5.69 Å². The molecule has 0 radical (unpaired) electrons. The van der Waals surface area contributed by atoms with Crippen molar-refractivity contribution in [2.45, 2.75) is 19.7 Å². The van der Waals surface area contributed by atoms with E-state index in [1.165, 1.54) is 11.6 Å². The minimum absolute atomic E-state index is 0.238. The molecule has 5 nitrogen and oxygen atoms in total. The number of hydrogen-bond donors (Lipinski definition) is 0. The average molecular weight is 338 g/mol. The molecule has 4 rings (SSSR count). The summed E-state index contributed by atoms with van der Waals surface area (Å²) in [4.78, 5) is 2.17.